The third-order valence-electron chi connectivity index (χ3n) is 4.90. The Morgan fingerprint density at radius 1 is 1.16 bits per heavy atom. The SMILES string of the molecule is O=C(O)CCNC(=O)CCCOc1cccc2c1C(=O)N(C1CCC(=O)NC1=O)C2=O. The van der Waals surface area contributed by atoms with Crippen LogP contribution in [0.5, 0.6) is 5.75 Å². The third kappa shape index (κ3) is 4.87. The first-order valence-corrected chi connectivity index (χ1v) is 9.75. The Morgan fingerprint density at radius 2 is 1.94 bits per heavy atom. The van der Waals surface area contributed by atoms with Gasteiger partial charge in [0.25, 0.3) is 11.8 Å². The predicted molar refractivity (Wildman–Crippen MR) is 103 cm³/mol. The molecule has 1 aromatic rings. The van der Waals surface area contributed by atoms with Crippen LogP contribution in [0, 0.1) is 0 Å². The number of benzene rings is 1. The van der Waals surface area contributed by atoms with Gasteiger partial charge in [0.05, 0.1) is 24.2 Å². The molecule has 0 spiro atoms. The summed E-state index contributed by atoms with van der Waals surface area (Å²) >= 11 is 0. The standard InChI is InChI=1S/C20H21N3O8/c24-14(21-9-8-16(26)27)5-2-10-31-13-4-1-3-11-17(13)20(30)23(19(11)29)12-6-7-15(25)22-18(12)28/h1,3-4,12H,2,5-10H2,(H,21,24)(H,26,27)(H,22,25,28). The molecule has 1 atom stereocenters. The highest BCUT2D eigenvalue weighted by molar-refractivity contribution is 6.24. The molecule has 1 unspecified atom stereocenters. The van der Waals surface area contributed by atoms with Crippen LogP contribution in [0.15, 0.2) is 18.2 Å². The van der Waals surface area contributed by atoms with Crippen LogP contribution < -0.4 is 15.4 Å². The van der Waals surface area contributed by atoms with Crippen molar-refractivity contribution in [1.29, 1.82) is 0 Å². The van der Waals surface area contributed by atoms with Crippen LogP contribution in [0.1, 0.15) is 52.8 Å². The Morgan fingerprint density at radius 3 is 2.65 bits per heavy atom. The molecule has 3 rings (SSSR count). The lowest BCUT2D eigenvalue weighted by Gasteiger charge is -2.27. The van der Waals surface area contributed by atoms with Crippen LogP contribution in [0.4, 0.5) is 0 Å². The van der Waals surface area contributed by atoms with Crippen LogP contribution in [-0.4, -0.2) is 64.7 Å². The van der Waals surface area contributed by atoms with Crippen molar-refractivity contribution in [3.63, 3.8) is 0 Å². The van der Waals surface area contributed by atoms with Gasteiger partial charge in [-0.25, -0.2) is 0 Å². The molecule has 0 saturated carbocycles. The molecule has 11 heteroatoms. The van der Waals surface area contributed by atoms with E-state index in [4.69, 9.17) is 9.84 Å². The molecule has 1 saturated heterocycles. The topological polar surface area (TPSA) is 159 Å². The van der Waals surface area contributed by atoms with Gasteiger partial charge in [-0.15, -0.1) is 0 Å². The minimum Gasteiger partial charge on any atom is -0.493 e. The van der Waals surface area contributed by atoms with E-state index in [0.717, 1.165) is 4.90 Å². The molecule has 0 aromatic heterocycles. The highest BCUT2D eigenvalue weighted by Crippen LogP contribution is 2.33. The third-order valence-corrected chi connectivity index (χ3v) is 4.90. The number of carbonyl (C=O) groups excluding carboxylic acids is 5. The Hall–Kier alpha value is -3.76. The molecular formula is C20H21N3O8. The zero-order valence-corrected chi connectivity index (χ0v) is 16.5. The van der Waals surface area contributed by atoms with E-state index >= 15 is 0 Å². The first-order chi connectivity index (χ1) is 14.8. The second kappa shape index (κ2) is 9.37. The van der Waals surface area contributed by atoms with Gasteiger partial charge >= 0.3 is 5.97 Å². The van der Waals surface area contributed by atoms with Crippen LogP contribution >= 0.6 is 0 Å². The van der Waals surface area contributed by atoms with Gasteiger partial charge in [-0.3, -0.25) is 39.0 Å². The van der Waals surface area contributed by atoms with E-state index in [1.54, 1.807) is 6.07 Å². The molecule has 2 heterocycles. The van der Waals surface area contributed by atoms with Crippen LogP contribution in [-0.2, 0) is 19.2 Å². The fourth-order valence-electron chi connectivity index (χ4n) is 3.42. The molecule has 0 radical (unpaired) electrons. The normalized spacial score (nSPS) is 17.9. The highest BCUT2D eigenvalue weighted by Gasteiger charge is 2.45. The molecule has 0 aliphatic carbocycles. The van der Waals surface area contributed by atoms with Gasteiger partial charge in [-0.1, -0.05) is 6.07 Å². The minimum absolute atomic E-state index is 0.0295. The summed E-state index contributed by atoms with van der Waals surface area (Å²) in [5, 5.41) is 13.2. The number of aliphatic carboxylic acids is 1. The second-order valence-electron chi connectivity index (χ2n) is 7.07. The van der Waals surface area contributed by atoms with Crippen molar-refractivity contribution in [2.45, 2.75) is 38.1 Å². The van der Waals surface area contributed by atoms with Crippen molar-refractivity contribution in [3.8, 4) is 5.75 Å². The summed E-state index contributed by atoms with van der Waals surface area (Å²) in [6, 6.07) is 3.47. The van der Waals surface area contributed by atoms with E-state index in [2.05, 4.69) is 10.6 Å². The number of amides is 5. The van der Waals surface area contributed by atoms with E-state index in [-0.39, 0.29) is 61.6 Å². The number of carbonyl (C=O) groups is 6. The zero-order valence-electron chi connectivity index (χ0n) is 16.5. The molecule has 31 heavy (non-hydrogen) atoms. The molecule has 1 fully saturated rings. The molecular weight excluding hydrogens is 410 g/mol. The van der Waals surface area contributed by atoms with Gasteiger partial charge in [0.2, 0.25) is 17.7 Å². The fraction of sp³-hybridized carbons (Fsp3) is 0.400. The zero-order chi connectivity index (χ0) is 22.5. The quantitative estimate of drug-likeness (QED) is 0.359. The number of rotatable bonds is 9. The lowest BCUT2D eigenvalue weighted by Crippen LogP contribution is -2.54. The largest absolute Gasteiger partial charge is 0.493 e. The Bertz CT molecular complexity index is 958. The number of hydrogen-bond donors (Lipinski definition) is 3. The highest BCUT2D eigenvalue weighted by atomic mass is 16.5. The average Bonchev–Trinajstić information content (AvgIpc) is 2.96. The number of carboxylic acids is 1. The Kier molecular flexibility index (Phi) is 6.63. The van der Waals surface area contributed by atoms with E-state index in [0.29, 0.717) is 6.42 Å². The summed E-state index contributed by atoms with van der Waals surface area (Å²) < 4.78 is 5.61. The van der Waals surface area contributed by atoms with Gasteiger partial charge in [0.1, 0.15) is 11.8 Å². The molecule has 2 aliphatic heterocycles. The molecule has 2 aliphatic rings. The van der Waals surface area contributed by atoms with Gasteiger partial charge in [0, 0.05) is 19.4 Å². The van der Waals surface area contributed by atoms with Crippen molar-refractivity contribution in [2.24, 2.45) is 0 Å². The summed E-state index contributed by atoms with van der Waals surface area (Å²) in [6.45, 7) is 0.122. The molecule has 164 valence electrons. The van der Waals surface area contributed by atoms with Crippen molar-refractivity contribution in [1.82, 2.24) is 15.5 Å². The maximum absolute atomic E-state index is 12.9. The van der Waals surface area contributed by atoms with E-state index < -0.39 is 35.6 Å². The number of ether oxygens (including phenoxy) is 1. The minimum atomic E-state index is -1.06. The second-order valence-corrected chi connectivity index (χ2v) is 7.07. The van der Waals surface area contributed by atoms with Gasteiger partial charge in [0.15, 0.2) is 0 Å². The van der Waals surface area contributed by atoms with Crippen molar-refractivity contribution in [2.75, 3.05) is 13.2 Å². The molecule has 1 aromatic carbocycles. The number of nitrogens with zero attached hydrogens (tertiary/aromatic N) is 1. The smallest absolute Gasteiger partial charge is 0.305 e. The molecule has 3 N–H and O–H groups in total. The molecule has 11 nitrogen and oxygen atoms in total. The van der Waals surface area contributed by atoms with E-state index in [9.17, 15) is 28.8 Å². The van der Waals surface area contributed by atoms with Crippen LogP contribution in [0.2, 0.25) is 0 Å². The summed E-state index contributed by atoms with van der Waals surface area (Å²) in [7, 11) is 0. The summed E-state index contributed by atoms with van der Waals surface area (Å²) in [5.74, 6) is -3.60. The predicted octanol–water partition coefficient (Wildman–Crippen LogP) is -0.162. The lowest BCUT2D eigenvalue weighted by molar-refractivity contribution is -0.138. The fourth-order valence-corrected chi connectivity index (χ4v) is 3.42. The monoisotopic (exact) mass is 431 g/mol. The van der Waals surface area contributed by atoms with Gasteiger partial charge in [-0.2, -0.15) is 0 Å². The number of fused-ring (bicyclic) bond motifs is 1. The number of nitrogens with one attached hydrogen (secondary N) is 2. The number of piperidine rings is 1. The Labute approximate surface area is 176 Å². The average molecular weight is 431 g/mol. The van der Waals surface area contributed by atoms with Crippen LogP contribution in [0.3, 0.4) is 0 Å². The van der Waals surface area contributed by atoms with Crippen molar-refractivity contribution >= 4 is 35.5 Å². The summed E-state index contributed by atoms with van der Waals surface area (Å²) in [4.78, 5) is 72.1. The number of carboxylic acid groups (broad SMARTS) is 1. The van der Waals surface area contributed by atoms with Gasteiger partial charge in [-0.05, 0) is 25.0 Å². The maximum atomic E-state index is 12.9. The van der Waals surface area contributed by atoms with Gasteiger partial charge < -0.3 is 15.2 Å². The molecule has 0 bridgehead atoms. The number of imide groups is 2. The maximum Gasteiger partial charge on any atom is 0.305 e. The molecule has 5 amide bonds. The first kappa shape index (κ1) is 21.9. The Balaban J connectivity index is 1.60. The lowest BCUT2D eigenvalue weighted by atomic mass is 10.0. The van der Waals surface area contributed by atoms with E-state index in [1.165, 1.54) is 12.1 Å². The summed E-state index contributed by atoms with van der Waals surface area (Å²) in [6.07, 6.45) is 0.328. The van der Waals surface area contributed by atoms with E-state index in [1.807, 2.05) is 0 Å². The first-order valence-electron chi connectivity index (χ1n) is 9.75. The van der Waals surface area contributed by atoms with Crippen LogP contribution in [0.25, 0.3) is 0 Å². The number of hydrogen-bond acceptors (Lipinski definition) is 7. The van der Waals surface area contributed by atoms with Crippen molar-refractivity contribution in [3.05, 3.63) is 29.3 Å². The summed E-state index contributed by atoms with van der Waals surface area (Å²) in [5.41, 5.74) is 0.154. The van der Waals surface area contributed by atoms with Crippen molar-refractivity contribution < 1.29 is 38.6 Å².